The number of nitro benzene ring substituents is 1. The first-order valence-electron chi connectivity index (χ1n) is 5.95. The zero-order valence-electron chi connectivity index (χ0n) is 11.5. The van der Waals surface area contributed by atoms with Gasteiger partial charge in [-0.2, -0.15) is 5.26 Å². The Hall–Kier alpha value is -3.12. The highest BCUT2D eigenvalue weighted by Crippen LogP contribution is 2.36. The van der Waals surface area contributed by atoms with Gasteiger partial charge in [0.2, 0.25) is 0 Å². The van der Waals surface area contributed by atoms with Gasteiger partial charge in [0.15, 0.2) is 5.69 Å². The second-order valence-corrected chi connectivity index (χ2v) is 4.64. The number of nitriles is 1. The summed E-state index contributed by atoms with van der Waals surface area (Å²) in [6.45, 7) is 0. The molecule has 118 valence electrons. The highest BCUT2D eigenvalue weighted by molar-refractivity contribution is 6.33. The molecule has 2 N–H and O–H groups in total. The minimum absolute atomic E-state index is 0.139. The first-order chi connectivity index (χ1) is 10.8. The number of nitrogen functional groups attached to an aromatic ring is 1. The lowest BCUT2D eigenvalue weighted by Gasteiger charge is -2.11. The van der Waals surface area contributed by atoms with Gasteiger partial charge in [0.05, 0.1) is 23.3 Å². The first kappa shape index (κ1) is 16.3. The van der Waals surface area contributed by atoms with Crippen molar-refractivity contribution in [3.8, 4) is 11.8 Å². The molecule has 0 spiro atoms. The van der Waals surface area contributed by atoms with Crippen molar-refractivity contribution in [1.82, 2.24) is 4.57 Å². The molecule has 0 aliphatic heterocycles. The SMILES string of the molecule is COC(=O)c1c(N)c(C#N)cn1-c1c([N+](=O)[O-])ccc(F)c1Cl. The van der Waals surface area contributed by atoms with Gasteiger partial charge in [0.1, 0.15) is 22.6 Å². The Morgan fingerprint density at radius 2 is 2.22 bits per heavy atom. The molecule has 0 fully saturated rings. The zero-order valence-corrected chi connectivity index (χ0v) is 12.3. The summed E-state index contributed by atoms with van der Waals surface area (Å²) in [6.07, 6.45) is 1.05. The molecule has 0 radical (unpaired) electrons. The third-order valence-electron chi connectivity index (χ3n) is 3.03. The monoisotopic (exact) mass is 338 g/mol. The zero-order chi connectivity index (χ0) is 17.3. The number of anilines is 1. The number of benzene rings is 1. The minimum atomic E-state index is -0.960. The van der Waals surface area contributed by atoms with Crippen molar-refractivity contribution in [2.45, 2.75) is 0 Å². The average Bonchev–Trinajstić information content (AvgIpc) is 2.85. The van der Waals surface area contributed by atoms with Gasteiger partial charge in [-0.3, -0.25) is 10.1 Å². The van der Waals surface area contributed by atoms with Gasteiger partial charge in [-0.1, -0.05) is 11.6 Å². The molecule has 0 atom stereocenters. The number of carbonyl (C=O) groups is 1. The van der Waals surface area contributed by atoms with E-state index in [-0.39, 0.29) is 16.9 Å². The molecule has 0 bridgehead atoms. The van der Waals surface area contributed by atoms with Crippen molar-refractivity contribution >= 4 is 28.9 Å². The second kappa shape index (κ2) is 5.94. The average molecular weight is 339 g/mol. The number of nitro groups is 1. The Kier molecular flexibility index (Phi) is 4.20. The van der Waals surface area contributed by atoms with Crippen LogP contribution in [0.4, 0.5) is 15.8 Å². The Morgan fingerprint density at radius 1 is 1.57 bits per heavy atom. The smallest absolute Gasteiger partial charge is 0.357 e. The number of rotatable bonds is 3. The summed E-state index contributed by atoms with van der Waals surface area (Å²) in [5, 5.41) is 19.6. The first-order valence-corrected chi connectivity index (χ1v) is 6.33. The van der Waals surface area contributed by atoms with Gasteiger partial charge >= 0.3 is 5.97 Å². The van der Waals surface area contributed by atoms with Crippen LogP contribution >= 0.6 is 11.6 Å². The number of ether oxygens (including phenoxy) is 1. The van der Waals surface area contributed by atoms with Crippen molar-refractivity contribution in [3.63, 3.8) is 0 Å². The van der Waals surface area contributed by atoms with Crippen LogP contribution in [0.1, 0.15) is 16.1 Å². The number of hydrogen-bond donors (Lipinski definition) is 1. The van der Waals surface area contributed by atoms with Gasteiger partial charge < -0.3 is 15.0 Å². The van der Waals surface area contributed by atoms with Crippen LogP contribution in [0.25, 0.3) is 5.69 Å². The van der Waals surface area contributed by atoms with Gasteiger partial charge in [-0.25, -0.2) is 9.18 Å². The molecule has 2 aromatic rings. The fourth-order valence-corrected chi connectivity index (χ4v) is 2.25. The number of hydrogen-bond acceptors (Lipinski definition) is 6. The van der Waals surface area contributed by atoms with E-state index in [0.717, 1.165) is 30.0 Å². The summed E-state index contributed by atoms with van der Waals surface area (Å²) in [6, 6.07) is 3.44. The summed E-state index contributed by atoms with van der Waals surface area (Å²) < 4.78 is 19.2. The standard InChI is InChI=1S/C13H8ClFN4O4/c1-23-13(20)12-10(17)6(4-16)5-18(12)11-8(19(21)22)3-2-7(15)9(11)14/h2-3,5H,17H2,1H3. The van der Waals surface area contributed by atoms with Crippen molar-refractivity contribution in [2.24, 2.45) is 0 Å². The van der Waals surface area contributed by atoms with E-state index in [1.807, 2.05) is 0 Å². The Morgan fingerprint density at radius 3 is 2.74 bits per heavy atom. The van der Waals surface area contributed by atoms with E-state index in [1.54, 1.807) is 6.07 Å². The van der Waals surface area contributed by atoms with Crippen LogP contribution in [0.2, 0.25) is 5.02 Å². The molecule has 8 nitrogen and oxygen atoms in total. The van der Waals surface area contributed by atoms with E-state index in [1.165, 1.54) is 0 Å². The maximum absolute atomic E-state index is 13.7. The fraction of sp³-hybridized carbons (Fsp3) is 0.0769. The van der Waals surface area contributed by atoms with E-state index < -0.39 is 33.1 Å². The van der Waals surface area contributed by atoms with E-state index in [0.29, 0.717) is 0 Å². The van der Waals surface area contributed by atoms with Gasteiger partial charge in [-0.15, -0.1) is 0 Å². The van der Waals surface area contributed by atoms with Crippen LogP contribution in [-0.4, -0.2) is 22.6 Å². The van der Waals surface area contributed by atoms with Crippen molar-refractivity contribution in [3.05, 3.63) is 50.5 Å². The molecule has 0 aliphatic carbocycles. The molecule has 0 unspecified atom stereocenters. The maximum Gasteiger partial charge on any atom is 0.357 e. The topological polar surface area (TPSA) is 124 Å². The number of nitrogens with two attached hydrogens (primary N) is 1. The predicted octanol–water partition coefficient (Wildman–Crippen LogP) is 2.42. The van der Waals surface area contributed by atoms with E-state index in [4.69, 9.17) is 22.6 Å². The molecule has 0 aliphatic rings. The summed E-state index contributed by atoms with van der Waals surface area (Å²) in [7, 11) is 1.06. The molecular formula is C13H8ClFN4O4. The summed E-state index contributed by atoms with van der Waals surface area (Å²) in [4.78, 5) is 22.3. The fourth-order valence-electron chi connectivity index (χ4n) is 2.00. The van der Waals surface area contributed by atoms with E-state index >= 15 is 0 Å². The number of halogens is 2. The van der Waals surface area contributed by atoms with E-state index in [2.05, 4.69) is 4.74 Å². The lowest BCUT2D eigenvalue weighted by molar-refractivity contribution is -0.384. The molecule has 0 saturated heterocycles. The number of methoxy groups -OCH3 is 1. The van der Waals surface area contributed by atoms with Crippen molar-refractivity contribution in [1.29, 1.82) is 5.26 Å². The summed E-state index contributed by atoms with van der Waals surface area (Å²) in [5.41, 5.74) is 3.94. The van der Waals surface area contributed by atoms with Crippen LogP contribution in [-0.2, 0) is 4.74 Å². The minimum Gasteiger partial charge on any atom is -0.464 e. The quantitative estimate of drug-likeness (QED) is 0.520. The van der Waals surface area contributed by atoms with Crippen LogP contribution in [0.3, 0.4) is 0 Å². The van der Waals surface area contributed by atoms with Crippen LogP contribution in [0, 0.1) is 27.3 Å². The largest absolute Gasteiger partial charge is 0.464 e. The second-order valence-electron chi connectivity index (χ2n) is 4.26. The molecular weight excluding hydrogens is 331 g/mol. The normalized spacial score (nSPS) is 10.2. The molecule has 10 heteroatoms. The number of nitrogens with zero attached hydrogens (tertiary/aromatic N) is 3. The molecule has 0 amide bonds. The summed E-state index contributed by atoms with van der Waals surface area (Å²) >= 11 is 5.83. The Balaban J connectivity index is 2.93. The van der Waals surface area contributed by atoms with Crippen LogP contribution in [0.5, 0.6) is 0 Å². The Labute approximate surface area is 133 Å². The predicted molar refractivity (Wildman–Crippen MR) is 77.9 cm³/mol. The number of aromatic nitrogens is 1. The lowest BCUT2D eigenvalue weighted by Crippen LogP contribution is -2.13. The van der Waals surface area contributed by atoms with Crippen LogP contribution < -0.4 is 5.73 Å². The van der Waals surface area contributed by atoms with Crippen LogP contribution in [0.15, 0.2) is 18.3 Å². The highest BCUT2D eigenvalue weighted by Gasteiger charge is 2.29. The lowest BCUT2D eigenvalue weighted by atomic mass is 10.2. The van der Waals surface area contributed by atoms with Crippen molar-refractivity contribution < 1.29 is 18.8 Å². The van der Waals surface area contributed by atoms with Gasteiger partial charge in [-0.05, 0) is 6.07 Å². The molecule has 1 aromatic heterocycles. The third-order valence-corrected chi connectivity index (χ3v) is 3.39. The third kappa shape index (κ3) is 2.56. The maximum atomic E-state index is 13.7. The molecule has 1 heterocycles. The molecule has 1 aromatic carbocycles. The molecule has 2 rings (SSSR count). The number of esters is 1. The number of carbonyl (C=O) groups excluding carboxylic acids is 1. The highest BCUT2D eigenvalue weighted by atomic mass is 35.5. The van der Waals surface area contributed by atoms with Gasteiger partial charge in [0, 0.05) is 12.3 Å². The van der Waals surface area contributed by atoms with Crippen molar-refractivity contribution in [2.75, 3.05) is 12.8 Å². The van der Waals surface area contributed by atoms with Gasteiger partial charge in [0.25, 0.3) is 5.69 Å². The Bertz CT molecular complexity index is 872. The summed E-state index contributed by atoms with van der Waals surface area (Å²) in [5.74, 6) is -1.90. The van der Waals surface area contributed by atoms with E-state index in [9.17, 15) is 19.3 Å². The molecule has 0 saturated carbocycles. The molecule has 23 heavy (non-hydrogen) atoms.